The summed E-state index contributed by atoms with van der Waals surface area (Å²) >= 11 is 0. The molecule has 0 aromatic carbocycles. The number of hydrogen-bond acceptors (Lipinski definition) is 6. The van der Waals surface area contributed by atoms with Gasteiger partial charge in [-0.15, -0.1) is 0 Å². The van der Waals surface area contributed by atoms with E-state index in [2.05, 4.69) is 14.7 Å². The Hall–Kier alpha value is -2.64. The van der Waals surface area contributed by atoms with Gasteiger partial charge in [0.2, 0.25) is 5.91 Å². The molecule has 0 bridgehead atoms. The Morgan fingerprint density at radius 1 is 1.11 bits per heavy atom. The molecule has 3 rings (SSSR count). The maximum Gasteiger partial charge on any atom is 0.434 e. The standard InChI is InChI=1S/C21H27F6N5O3/c1-18(6-10-31(11-7-18)17(28)35-14(20(22,23)24)21(25,26)27)32(12-13-34-2)16(33)19(4-5-19)15-29-8-3-9-30-15/h3,8-9,14,28H,4-7,10-13H2,1-2H3. The summed E-state index contributed by atoms with van der Waals surface area (Å²) in [7, 11) is 1.48. The van der Waals surface area contributed by atoms with Crippen molar-refractivity contribution in [2.45, 2.75) is 62.0 Å². The first-order chi connectivity index (χ1) is 16.2. The molecule has 2 aliphatic rings. The third-order valence-corrected chi connectivity index (χ3v) is 6.52. The van der Waals surface area contributed by atoms with Crippen LogP contribution in [0.5, 0.6) is 0 Å². The Bertz CT molecular complexity index is 885. The number of hydrogen-bond donors (Lipinski definition) is 1. The smallest absolute Gasteiger partial charge is 0.434 e. The summed E-state index contributed by atoms with van der Waals surface area (Å²) in [4.78, 5) is 24.8. The van der Waals surface area contributed by atoms with E-state index in [4.69, 9.17) is 10.1 Å². The molecule has 2 heterocycles. The highest BCUT2D eigenvalue weighted by Crippen LogP contribution is 2.49. The predicted octanol–water partition coefficient (Wildman–Crippen LogP) is 3.28. The average Bonchev–Trinajstić information content (AvgIpc) is 3.59. The van der Waals surface area contributed by atoms with Crippen LogP contribution in [0.3, 0.4) is 0 Å². The molecule has 196 valence electrons. The lowest BCUT2D eigenvalue weighted by Crippen LogP contribution is -2.60. The Labute approximate surface area is 198 Å². The minimum absolute atomic E-state index is 0.0661. The number of aromatic nitrogens is 2. The summed E-state index contributed by atoms with van der Waals surface area (Å²) in [6.45, 7) is 2.14. The molecule has 35 heavy (non-hydrogen) atoms. The average molecular weight is 511 g/mol. The summed E-state index contributed by atoms with van der Waals surface area (Å²) < 4.78 is 86.1. The van der Waals surface area contributed by atoms with Crippen LogP contribution in [0.1, 0.15) is 38.4 Å². The van der Waals surface area contributed by atoms with Crippen molar-refractivity contribution >= 4 is 11.9 Å². The van der Waals surface area contributed by atoms with E-state index in [0.29, 0.717) is 18.7 Å². The van der Waals surface area contributed by atoms with Crippen LogP contribution < -0.4 is 0 Å². The van der Waals surface area contributed by atoms with Crippen LogP contribution in [0.15, 0.2) is 18.5 Å². The number of carbonyl (C=O) groups excluding carboxylic acids is 1. The van der Waals surface area contributed by atoms with Crippen molar-refractivity contribution in [3.05, 3.63) is 24.3 Å². The number of nitrogens with one attached hydrogen (secondary N) is 1. The number of amidine groups is 1. The lowest BCUT2D eigenvalue weighted by atomic mass is 9.86. The quantitative estimate of drug-likeness (QED) is 0.343. The van der Waals surface area contributed by atoms with Crippen LogP contribution in [-0.2, 0) is 19.7 Å². The molecular weight excluding hydrogens is 484 g/mol. The number of piperidine rings is 1. The van der Waals surface area contributed by atoms with Gasteiger partial charge in [-0.2, -0.15) is 26.3 Å². The summed E-state index contributed by atoms with van der Waals surface area (Å²) in [6.07, 6.45) is -10.9. The maximum atomic E-state index is 13.7. The van der Waals surface area contributed by atoms with Gasteiger partial charge >= 0.3 is 12.4 Å². The van der Waals surface area contributed by atoms with Gasteiger partial charge in [-0.3, -0.25) is 10.2 Å². The summed E-state index contributed by atoms with van der Waals surface area (Å²) in [5.74, 6) is 0.214. The molecule has 0 radical (unpaired) electrons. The van der Waals surface area contributed by atoms with Crippen molar-refractivity contribution in [2.24, 2.45) is 0 Å². The fourth-order valence-corrected chi connectivity index (χ4v) is 4.23. The molecule has 8 nitrogen and oxygen atoms in total. The van der Waals surface area contributed by atoms with Crippen LogP contribution in [0.25, 0.3) is 0 Å². The second-order valence-corrected chi connectivity index (χ2v) is 8.97. The van der Waals surface area contributed by atoms with Gasteiger partial charge in [-0.25, -0.2) is 9.97 Å². The van der Waals surface area contributed by atoms with Crippen LogP contribution in [0.4, 0.5) is 26.3 Å². The maximum absolute atomic E-state index is 13.7. The second-order valence-electron chi connectivity index (χ2n) is 8.97. The number of rotatable bonds is 7. The molecule has 1 aromatic heterocycles. The monoisotopic (exact) mass is 511 g/mol. The van der Waals surface area contributed by atoms with Gasteiger partial charge in [0.15, 0.2) is 0 Å². The van der Waals surface area contributed by atoms with E-state index in [9.17, 15) is 31.1 Å². The SMILES string of the molecule is COCCN(C(=O)C1(c2ncccn2)CC1)C1(C)CCN(C(=N)OC(C(F)(F)F)C(F)(F)F)CC1. The molecule has 1 aromatic rings. The molecule has 1 saturated carbocycles. The van der Waals surface area contributed by atoms with Gasteiger partial charge in [-0.05, 0) is 38.7 Å². The molecule has 1 aliphatic heterocycles. The van der Waals surface area contributed by atoms with Crippen LogP contribution in [0, 0.1) is 5.41 Å². The molecule has 2 fully saturated rings. The van der Waals surface area contributed by atoms with Gasteiger partial charge in [0.25, 0.3) is 12.1 Å². The van der Waals surface area contributed by atoms with Gasteiger partial charge in [0.05, 0.1) is 6.61 Å². The molecule has 14 heteroatoms. The number of likely N-dealkylation sites (tertiary alicyclic amines) is 1. The summed E-state index contributed by atoms with van der Waals surface area (Å²) in [6, 6.07) is 0.431. The molecule has 0 spiro atoms. The molecule has 1 N–H and O–H groups in total. The molecule has 1 saturated heterocycles. The van der Waals surface area contributed by atoms with Gasteiger partial charge in [0.1, 0.15) is 11.2 Å². The van der Waals surface area contributed by atoms with Crippen molar-refractivity contribution < 1.29 is 40.6 Å². The van der Waals surface area contributed by atoms with E-state index in [0.717, 1.165) is 4.90 Å². The van der Waals surface area contributed by atoms with Gasteiger partial charge < -0.3 is 19.3 Å². The molecule has 1 aliphatic carbocycles. The number of ether oxygens (including phenoxy) is 2. The van der Waals surface area contributed by atoms with Crippen LogP contribution >= 0.6 is 0 Å². The fraction of sp³-hybridized carbons (Fsp3) is 0.714. The number of methoxy groups -OCH3 is 1. The Morgan fingerprint density at radius 3 is 2.11 bits per heavy atom. The Morgan fingerprint density at radius 2 is 1.66 bits per heavy atom. The highest BCUT2D eigenvalue weighted by atomic mass is 19.4. The van der Waals surface area contributed by atoms with E-state index in [1.165, 1.54) is 7.11 Å². The third kappa shape index (κ3) is 5.78. The van der Waals surface area contributed by atoms with Crippen molar-refractivity contribution in [3.63, 3.8) is 0 Å². The minimum atomic E-state index is -5.71. The third-order valence-electron chi connectivity index (χ3n) is 6.52. The predicted molar refractivity (Wildman–Crippen MR) is 110 cm³/mol. The van der Waals surface area contributed by atoms with Gasteiger partial charge in [-0.1, -0.05) is 0 Å². The number of amides is 1. The highest BCUT2D eigenvalue weighted by Gasteiger charge is 2.60. The molecule has 0 unspecified atom stereocenters. The van der Waals surface area contributed by atoms with E-state index in [1.54, 1.807) is 30.3 Å². The number of carbonyl (C=O) groups is 1. The first kappa shape index (κ1) is 27.0. The molecular formula is C21H27F6N5O3. The Balaban J connectivity index is 1.72. The first-order valence-electron chi connectivity index (χ1n) is 11.0. The largest absolute Gasteiger partial charge is 0.442 e. The fourth-order valence-electron chi connectivity index (χ4n) is 4.23. The first-order valence-corrected chi connectivity index (χ1v) is 11.0. The lowest BCUT2D eigenvalue weighted by Gasteiger charge is -2.48. The molecule has 1 amide bonds. The number of halogens is 6. The van der Waals surface area contributed by atoms with Gasteiger partial charge in [0, 0.05) is 44.7 Å². The zero-order chi connectivity index (χ0) is 26.1. The van der Waals surface area contributed by atoms with E-state index >= 15 is 0 Å². The van der Waals surface area contributed by atoms with Crippen LogP contribution in [0.2, 0.25) is 0 Å². The minimum Gasteiger partial charge on any atom is -0.442 e. The zero-order valence-electron chi connectivity index (χ0n) is 19.2. The summed E-state index contributed by atoms with van der Waals surface area (Å²) in [5, 5.41) is 7.71. The van der Waals surface area contributed by atoms with Crippen molar-refractivity contribution in [2.75, 3.05) is 33.4 Å². The van der Waals surface area contributed by atoms with Crippen molar-refractivity contribution in [1.82, 2.24) is 19.8 Å². The summed E-state index contributed by atoms with van der Waals surface area (Å²) in [5.41, 5.74) is -1.64. The zero-order valence-corrected chi connectivity index (χ0v) is 19.2. The van der Waals surface area contributed by atoms with Crippen molar-refractivity contribution in [1.29, 1.82) is 5.41 Å². The van der Waals surface area contributed by atoms with E-state index in [1.807, 2.05) is 0 Å². The number of alkyl halides is 6. The Kier molecular flexibility index (Phi) is 7.53. The topological polar surface area (TPSA) is 91.6 Å². The lowest BCUT2D eigenvalue weighted by molar-refractivity contribution is -0.305. The van der Waals surface area contributed by atoms with E-state index in [-0.39, 0.29) is 45.0 Å². The highest BCUT2D eigenvalue weighted by molar-refractivity contribution is 5.91. The van der Waals surface area contributed by atoms with Crippen LogP contribution in [-0.4, -0.2) is 89.0 Å². The normalized spacial score (nSPS) is 19.4. The van der Waals surface area contributed by atoms with E-state index < -0.39 is 35.4 Å². The van der Waals surface area contributed by atoms with Crippen molar-refractivity contribution in [3.8, 4) is 0 Å². The number of nitrogens with zero attached hydrogens (tertiary/aromatic N) is 4. The molecule has 0 atom stereocenters. The second kappa shape index (κ2) is 9.78.